The van der Waals surface area contributed by atoms with Crippen LogP contribution in [0.4, 0.5) is 17.5 Å². The zero-order valence-corrected chi connectivity index (χ0v) is 11.8. The van der Waals surface area contributed by atoms with Crippen LogP contribution >= 0.6 is 0 Å². The third-order valence-electron chi connectivity index (χ3n) is 3.87. The van der Waals surface area contributed by atoms with Crippen LogP contribution in [0.25, 0.3) is 0 Å². The maximum Gasteiger partial charge on any atom is 0.227 e. The zero-order valence-electron chi connectivity index (χ0n) is 11.8. The van der Waals surface area contributed by atoms with Gasteiger partial charge in [0, 0.05) is 25.8 Å². The highest BCUT2D eigenvalue weighted by molar-refractivity contribution is 5.81. The molecule has 1 saturated heterocycles. The Morgan fingerprint density at radius 3 is 2.68 bits per heavy atom. The Kier molecular flexibility index (Phi) is 3.36. The van der Waals surface area contributed by atoms with Gasteiger partial charge in [-0.3, -0.25) is 4.99 Å². The molecular formula is C14H21N5. The topological polar surface area (TPSA) is 44.6 Å². The molecule has 3 rings (SSSR count). The highest BCUT2D eigenvalue weighted by Crippen LogP contribution is 2.33. The Labute approximate surface area is 114 Å². The highest BCUT2D eigenvalue weighted by atomic mass is 15.3. The number of anilines is 2. The Morgan fingerprint density at radius 1 is 1.16 bits per heavy atom. The van der Waals surface area contributed by atoms with Crippen LogP contribution in [0.5, 0.6) is 0 Å². The largest absolute Gasteiger partial charge is 0.350 e. The van der Waals surface area contributed by atoms with Crippen molar-refractivity contribution in [2.24, 2.45) is 4.99 Å². The molecule has 0 spiro atoms. The molecular weight excluding hydrogens is 238 g/mol. The Morgan fingerprint density at radius 2 is 1.95 bits per heavy atom. The molecule has 3 heterocycles. The lowest BCUT2D eigenvalue weighted by atomic mass is 10.1. The van der Waals surface area contributed by atoms with E-state index in [4.69, 9.17) is 4.98 Å². The monoisotopic (exact) mass is 259 g/mol. The summed E-state index contributed by atoms with van der Waals surface area (Å²) in [6, 6.07) is 0. The lowest BCUT2D eigenvalue weighted by molar-refractivity contribution is 0.567. The first-order valence-electron chi connectivity index (χ1n) is 7.20. The number of hydrogen-bond donors (Lipinski definition) is 0. The molecule has 5 heteroatoms. The standard InChI is InChI=1S/C14H21N5/c1-3-18-10-7-15-12-11(2)16-14(17-13(12)18)19-8-5-4-6-9-19/h7H,3-6,8-10H2,1-2H3. The van der Waals surface area contributed by atoms with Crippen molar-refractivity contribution < 1.29 is 0 Å². The number of piperidine rings is 1. The van der Waals surface area contributed by atoms with Crippen molar-refractivity contribution in [3.8, 4) is 0 Å². The van der Waals surface area contributed by atoms with Gasteiger partial charge < -0.3 is 9.80 Å². The summed E-state index contributed by atoms with van der Waals surface area (Å²) in [6.07, 6.45) is 5.76. The molecule has 5 nitrogen and oxygen atoms in total. The summed E-state index contributed by atoms with van der Waals surface area (Å²) in [5.74, 6) is 1.88. The third-order valence-corrected chi connectivity index (χ3v) is 3.87. The molecule has 0 unspecified atom stereocenters. The minimum atomic E-state index is 0.847. The quantitative estimate of drug-likeness (QED) is 0.817. The Bertz CT molecular complexity index is 491. The van der Waals surface area contributed by atoms with Gasteiger partial charge in [0.05, 0.1) is 12.2 Å². The maximum atomic E-state index is 4.78. The van der Waals surface area contributed by atoms with Gasteiger partial charge in [-0.2, -0.15) is 4.98 Å². The van der Waals surface area contributed by atoms with Crippen molar-refractivity contribution >= 4 is 23.7 Å². The molecule has 1 fully saturated rings. The van der Waals surface area contributed by atoms with E-state index in [0.717, 1.165) is 49.3 Å². The lowest BCUT2D eigenvalue weighted by Crippen LogP contribution is -2.33. The van der Waals surface area contributed by atoms with E-state index >= 15 is 0 Å². The summed E-state index contributed by atoms with van der Waals surface area (Å²) in [4.78, 5) is 18.5. The maximum absolute atomic E-state index is 4.78. The molecule has 19 heavy (non-hydrogen) atoms. The molecule has 0 aliphatic carbocycles. The van der Waals surface area contributed by atoms with Gasteiger partial charge in [-0.1, -0.05) is 0 Å². The summed E-state index contributed by atoms with van der Waals surface area (Å²) in [7, 11) is 0. The minimum Gasteiger partial charge on any atom is -0.350 e. The summed E-state index contributed by atoms with van der Waals surface area (Å²) >= 11 is 0. The first-order chi connectivity index (χ1) is 9.29. The summed E-state index contributed by atoms with van der Waals surface area (Å²) < 4.78 is 0. The average Bonchev–Trinajstić information content (AvgIpc) is 2.47. The van der Waals surface area contributed by atoms with Crippen molar-refractivity contribution in [1.29, 1.82) is 0 Å². The molecule has 2 aliphatic heterocycles. The zero-order chi connectivity index (χ0) is 13.2. The first kappa shape index (κ1) is 12.4. The van der Waals surface area contributed by atoms with E-state index in [1.54, 1.807) is 0 Å². The minimum absolute atomic E-state index is 0.847. The van der Waals surface area contributed by atoms with Gasteiger partial charge in [-0.25, -0.2) is 4.98 Å². The number of aliphatic imine (C=N–C) groups is 1. The normalized spacial score (nSPS) is 18.6. The first-order valence-corrected chi connectivity index (χ1v) is 7.20. The van der Waals surface area contributed by atoms with Crippen LogP contribution in [0.3, 0.4) is 0 Å². The van der Waals surface area contributed by atoms with Crippen LogP contribution in [0.1, 0.15) is 31.9 Å². The molecule has 0 amide bonds. The van der Waals surface area contributed by atoms with E-state index in [1.165, 1.54) is 19.3 Å². The van der Waals surface area contributed by atoms with Gasteiger partial charge in [0.1, 0.15) is 5.69 Å². The SMILES string of the molecule is CCN1CC=Nc2c(C)nc(N3CCCCC3)nc21. The predicted octanol–water partition coefficient (Wildman–Crippen LogP) is 2.32. The van der Waals surface area contributed by atoms with Gasteiger partial charge in [0.25, 0.3) is 0 Å². The number of fused-ring (bicyclic) bond motifs is 1. The van der Waals surface area contributed by atoms with Crippen molar-refractivity contribution in [2.45, 2.75) is 33.1 Å². The van der Waals surface area contributed by atoms with Gasteiger partial charge in [-0.05, 0) is 33.1 Å². The number of aromatic nitrogens is 2. The van der Waals surface area contributed by atoms with Crippen molar-refractivity contribution in [3.05, 3.63) is 5.69 Å². The molecule has 0 N–H and O–H groups in total. The van der Waals surface area contributed by atoms with Crippen molar-refractivity contribution in [3.63, 3.8) is 0 Å². The second-order valence-corrected chi connectivity index (χ2v) is 5.18. The van der Waals surface area contributed by atoms with Gasteiger partial charge in [-0.15, -0.1) is 0 Å². The molecule has 1 aromatic rings. The van der Waals surface area contributed by atoms with Gasteiger partial charge >= 0.3 is 0 Å². The number of aryl methyl sites for hydroxylation is 1. The molecule has 102 valence electrons. The molecule has 0 saturated carbocycles. The second kappa shape index (κ2) is 5.15. The van der Waals surface area contributed by atoms with E-state index < -0.39 is 0 Å². The third kappa shape index (κ3) is 2.29. The number of hydrogen-bond acceptors (Lipinski definition) is 5. The summed E-state index contributed by atoms with van der Waals surface area (Å²) in [5, 5.41) is 0. The van der Waals surface area contributed by atoms with Crippen LogP contribution < -0.4 is 9.80 Å². The Balaban J connectivity index is 1.99. The van der Waals surface area contributed by atoms with E-state index in [9.17, 15) is 0 Å². The van der Waals surface area contributed by atoms with E-state index in [-0.39, 0.29) is 0 Å². The Hall–Kier alpha value is -1.65. The lowest BCUT2D eigenvalue weighted by Gasteiger charge is -2.30. The van der Waals surface area contributed by atoms with E-state index in [0.29, 0.717) is 0 Å². The number of nitrogens with zero attached hydrogens (tertiary/aromatic N) is 5. The van der Waals surface area contributed by atoms with E-state index in [2.05, 4.69) is 26.7 Å². The summed E-state index contributed by atoms with van der Waals surface area (Å²) in [6.45, 7) is 8.14. The molecule has 0 radical (unpaired) electrons. The van der Waals surface area contributed by atoms with Crippen LogP contribution in [0.2, 0.25) is 0 Å². The fourth-order valence-corrected chi connectivity index (χ4v) is 2.74. The molecule has 0 aromatic carbocycles. The van der Waals surface area contributed by atoms with Crippen LogP contribution in [0, 0.1) is 6.92 Å². The van der Waals surface area contributed by atoms with Gasteiger partial charge in [0.15, 0.2) is 5.82 Å². The molecule has 1 aromatic heterocycles. The van der Waals surface area contributed by atoms with Crippen molar-refractivity contribution in [2.75, 3.05) is 36.0 Å². The van der Waals surface area contributed by atoms with Crippen LogP contribution in [-0.4, -0.2) is 42.4 Å². The van der Waals surface area contributed by atoms with Gasteiger partial charge in [0.2, 0.25) is 5.95 Å². The fraction of sp³-hybridized carbons (Fsp3) is 0.643. The van der Waals surface area contributed by atoms with Crippen molar-refractivity contribution in [1.82, 2.24) is 9.97 Å². The molecule has 0 bridgehead atoms. The molecule has 0 atom stereocenters. The second-order valence-electron chi connectivity index (χ2n) is 5.18. The summed E-state index contributed by atoms with van der Waals surface area (Å²) in [5.41, 5.74) is 1.92. The van der Waals surface area contributed by atoms with Crippen LogP contribution in [0.15, 0.2) is 4.99 Å². The smallest absolute Gasteiger partial charge is 0.227 e. The van der Waals surface area contributed by atoms with Crippen LogP contribution in [-0.2, 0) is 0 Å². The molecule has 2 aliphatic rings. The number of rotatable bonds is 2. The fourth-order valence-electron chi connectivity index (χ4n) is 2.74. The highest BCUT2D eigenvalue weighted by Gasteiger charge is 2.21. The average molecular weight is 259 g/mol. The van der Waals surface area contributed by atoms with E-state index in [1.807, 2.05) is 13.1 Å². The predicted molar refractivity (Wildman–Crippen MR) is 78.9 cm³/mol.